The third kappa shape index (κ3) is 2.64. The fraction of sp³-hybridized carbons (Fsp3) is 0.769. The second kappa shape index (κ2) is 5.53. The molecule has 3 heterocycles. The highest BCUT2D eigenvalue weighted by Crippen LogP contribution is 2.44. The number of rotatable bonds is 5. The average molecular weight is 343 g/mol. The Hall–Kier alpha value is -1.52. The molecule has 1 N–H and O–H groups in total. The van der Waals surface area contributed by atoms with Crippen molar-refractivity contribution in [3.8, 4) is 0 Å². The minimum Gasteiger partial charge on any atom is -0.481 e. The van der Waals surface area contributed by atoms with Gasteiger partial charge in [0.15, 0.2) is 0 Å². The lowest BCUT2D eigenvalue weighted by molar-refractivity contribution is -0.148. The van der Waals surface area contributed by atoms with Gasteiger partial charge in [0.05, 0.1) is 17.7 Å². The van der Waals surface area contributed by atoms with Crippen LogP contribution in [-0.2, 0) is 28.4 Å². The highest BCUT2D eigenvalue weighted by atomic mass is 32.2. The van der Waals surface area contributed by atoms with Gasteiger partial charge in [-0.3, -0.25) is 9.69 Å². The number of likely N-dealkylation sites (tertiary alicyclic amines) is 1. The van der Waals surface area contributed by atoms with Gasteiger partial charge in [0.2, 0.25) is 10.0 Å². The van der Waals surface area contributed by atoms with Crippen LogP contribution in [0.4, 0.5) is 0 Å². The van der Waals surface area contributed by atoms with Crippen LogP contribution in [0.5, 0.6) is 0 Å². The van der Waals surface area contributed by atoms with Crippen molar-refractivity contribution in [1.29, 1.82) is 0 Å². The molecule has 2 aliphatic rings. The van der Waals surface area contributed by atoms with E-state index >= 15 is 0 Å². The van der Waals surface area contributed by atoms with Crippen LogP contribution in [0.3, 0.4) is 0 Å². The maximum Gasteiger partial charge on any atom is 0.312 e. The van der Waals surface area contributed by atoms with E-state index in [-0.39, 0.29) is 24.8 Å². The first kappa shape index (κ1) is 16.3. The van der Waals surface area contributed by atoms with Gasteiger partial charge in [-0.2, -0.15) is 0 Å². The molecule has 0 amide bonds. The molecule has 2 atom stereocenters. The van der Waals surface area contributed by atoms with Gasteiger partial charge in [0.25, 0.3) is 0 Å². The van der Waals surface area contributed by atoms with Crippen LogP contribution in [-0.4, -0.2) is 75.4 Å². The van der Waals surface area contributed by atoms with Crippen molar-refractivity contribution in [2.24, 2.45) is 18.4 Å². The number of nitrogens with zero attached hydrogens (tertiary/aromatic N) is 5. The summed E-state index contributed by atoms with van der Waals surface area (Å²) in [4.78, 5) is 13.9. The summed E-state index contributed by atoms with van der Waals surface area (Å²) in [7, 11) is -1.52. The second-order valence-electron chi connectivity index (χ2n) is 6.38. The zero-order valence-corrected chi connectivity index (χ0v) is 14.0. The first-order chi connectivity index (χ1) is 10.8. The molecule has 2 saturated heterocycles. The third-order valence-electron chi connectivity index (χ3n) is 5.00. The quantitative estimate of drug-likeness (QED) is 0.729. The van der Waals surface area contributed by atoms with Crippen LogP contribution >= 0.6 is 0 Å². The molecular weight excluding hydrogens is 322 g/mol. The number of hydrogen-bond donors (Lipinski definition) is 1. The molecule has 0 spiro atoms. The monoisotopic (exact) mass is 343 g/mol. The van der Waals surface area contributed by atoms with Crippen LogP contribution < -0.4 is 0 Å². The molecule has 1 aromatic heterocycles. The Kier molecular flexibility index (Phi) is 3.93. The number of sulfonamides is 1. The molecule has 3 rings (SSSR count). The average Bonchev–Trinajstić information content (AvgIpc) is 3.13. The SMILES string of the molecule is CCS(=O)(=O)N1C[C@@H]2CN(Cc3nncn3C)C[C@]2(C(=O)O)C1. The van der Waals surface area contributed by atoms with E-state index in [9.17, 15) is 18.3 Å². The Balaban J connectivity index is 1.79. The van der Waals surface area contributed by atoms with Crippen LogP contribution in [0.15, 0.2) is 6.33 Å². The van der Waals surface area contributed by atoms with Gasteiger partial charge in [-0.1, -0.05) is 0 Å². The number of aryl methyl sites for hydroxylation is 1. The van der Waals surface area contributed by atoms with E-state index in [0.717, 1.165) is 5.82 Å². The Morgan fingerprint density at radius 2 is 2.17 bits per heavy atom. The Morgan fingerprint density at radius 1 is 1.43 bits per heavy atom. The van der Waals surface area contributed by atoms with E-state index in [0.29, 0.717) is 19.6 Å². The molecule has 2 aliphatic heterocycles. The number of fused-ring (bicyclic) bond motifs is 1. The fourth-order valence-corrected chi connectivity index (χ4v) is 4.79. The Labute approximate surface area is 134 Å². The minimum absolute atomic E-state index is 0.00191. The van der Waals surface area contributed by atoms with E-state index in [1.165, 1.54) is 4.31 Å². The predicted molar refractivity (Wildman–Crippen MR) is 80.9 cm³/mol. The lowest BCUT2D eigenvalue weighted by atomic mass is 9.81. The fourth-order valence-electron chi connectivity index (χ4n) is 3.59. The van der Waals surface area contributed by atoms with Gasteiger partial charge in [-0.25, -0.2) is 12.7 Å². The summed E-state index contributed by atoms with van der Waals surface area (Å²) in [5.41, 5.74) is -1.03. The molecule has 0 aliphatic carbocycles. The summed E-state index contributed by atoms with van der Waals surface area (Å²) in [6, 6.07) is 0. The molecule has 10 heteroatoms. The topological polar surface area (TPSA) is 109 Å². The molecule has 9 nitrogen and oxygen atoms in total. The zero-order valence-electron chi connectivity index (χ0n) is 13.2. The third-order valence-corrected chi connectivity index (χ3v) is 6.80. The molecule has 0 saturated carbocycles. The molecule has 1 aromatic rings. The van der Waals surface area contributed by atoms with Gasteiger partial charge >= 0.3 is 5.97 Å². The molecular formula is C13H21N5O4S. The van der Waals surface area contributed by atoms with Crippen LogP contribution in [0.25, 0.3) is 0 Å². The van der Waals surface area contributed by atoms with Crippen molar-refractivity contribution in [1.82, 2.24) is 24.0 Å². The molecule has 23 heavy (non-hydrogen) atoms. The van der Waals surface area contributed by atoms with Gasteiger partial charge in [0, 0.05) is 39.1 Å². The lowest BCUT2D eigenvalue weighted by Gasteiger charge is -2.24. The van der Waals surface area contributed by atoms with Crippen LogP contribution in [0.2, 0.25) is 0 Å². The van der Waals surface area contributed by atoms with Crippen molar-refractivity contribution in [3.63, 3.8) is 0 Å². The van der Waals surface area contributed by atoms with Gasteiger partial charge in [-0.05, 0) is 6.92 Å². The maximum atomic E-state index is 12.1. The van der Waals surface area contributed by atoms with Crippen molar-refractivity contribution in [2.75, 3.05) is 31.9 Å². The Bertz CT molecular complexity index is 718. The van der Waals surface area contributed by atoms with Gasteiger partial charge < -0.3 is 9.67 Å². The van der Waals surface area contributed by atoms with E-state index < -0.39 is 21.4 Å². The number of hydrogen-bond acceptors (Lipinski definition) is 6. The van der Waals surface area contributed by atoms with Crippen molar-refractivity contribution < 1.29 is 18.3 Å². The molecule has 2 fully saturated rings. The zero-order chi connectivity index (χ0) is 16.8. The molecule has 0 unspecified atom stereocenters. The highest BCUT2D eigenvalue weighted by Gasteiger charge is 2.59. The number of carboxylic acid groups (broad SMARTS) is 1. The molecule has 0 aromatic carbocycles. The number of carbonyl (C=O) groups is 1. The molecule has 0 radical (unpaired) electrons. The summed E-state index contributed by atoms with van der Waals surface area (Å²) in [5, 5.41) is 17.6. The summed E-state index contributed by atoms with van der Waals surface area (Å²) in [5.74, 6) is -0.354. The predicted octanol–water partition coefficient (Wildman–Crippen LogP) is -1.02. The number of aliphatic carboxylic acids is 1. The van der Waals surface area contributed by atoms with Gasteiger partial charge in [0.1, 0.15) is 12.2 Å². The summed E-state index contributed by atoms with van der Waals surface area (Å²) >= 11 is 0. The Morgan fingerprint density at radius 3 is 2.70 bits per heavy atom. The maximum absolute atomic E-state index is 12.1. The number of carboxylic acids is 1. The smallest absolute Gasteiger partial charge is 0.312 e. The molecule has 128 valence electrons. The largest absolute Gasteiger partial charge is 0.481 e. The van der Waals surface area contributed by atoms with E-state index in [4.69, 9.17) is 0 Å². The first-order valence-corrected chi connectivity index (χ1v) is 9.16. The van der Waals surface area contributed by atoms with E-state index in [1.807, 2.05) is 11.9 Å². The number of aromatic nitrogens is 3. The lowest BCUT2D eigenvalue weighted by Crippen LogP contribution is -2.42. The van der Waals surface area contributed by atoms with Crippen LogP contribution in [0.1, 0.15) is 12.7 Å². The first-order valence-electron chi connectivity index (χ1n) is 7.55. The summed E-state index contributed by atoms with van der Waals surface area (Å²) in [6.45, 7) is 3.31. The van der Waals surface area contributed by atoms with Crippen molar-refractivity contribution in [2.45, 2.75) is 13.5 Å². The highest BCUT2D eigenvalue weighted by molar-refractivity contribution is 7.89. The van der Waals surface area contributed by atoms with Crippen LogP contribution in [0, 0.1) is 11.3 Å². The second-order valence-corrected chi connectivity index (χ2v) is 8.64. The summed E-state index contributed by atoms with van der Waals surface area (Å²) < 4.78 is 27.3. The van der Waals surface area contributed by atoms with E-state index in [2.05, 4.69) is 10.2 Å². The van der Waals surface area contributed by atoms with Crippen molar-refractivity contribution in [3.05, 3.63) is 12.2 Å². The molecule has 0 bridgehead atoms. The van der Waals surface area contributed by atoms with Gasteiger partial charge in [-0.15, -0.1) is 10.2 Å². The summed E-state index contributed by atoms with van der Waals surface area (Å²) in [6.07, 6.45) is 1.61. The van der Waals surface area contributed by atoms with Crippen molar-refractivity contribution >= 4 is 16.0 Å². The normalized spacial score (nSPS) is 29.0. The minimum atomic E-state index is -3.36. The van der Waals surface area contributed by atoms with E-state index in [1.54, 1.807) is 17.8 Å². The standard InChI is InChI=1S/C13H21N5O4S/c1-3-23(21,22)18-5-10-4-17(6-11-15-14-9-16(11)2)7-13(10,8-18)12(19)20/h9-10H,3-8H2,1-2H3,(H,19,20)/t10-,13-/m0/s1.